The van der Waals surface area contributed by atoms with Crippen molar-refractivity contribution in [3.63, 3.8) is 0 Å². The first-order valence-electron chi connectivity index (χ1n) is 4.47. The SMILES string of the molecule is CCOc1ccccc1[SiH](C)C. The summed E-state index contributed by atoms with van der Waals surface area (Å²) in [5.74, 6) is 1.08. The highest BCUT2D eigenvalue weighted by Gasteiger charge is 2.06. The molecular formula is C10H16OSi. The van der Waals surface area contributed by atoms with Crippen molar-refractivity contribution in [3.8, 4) is 5.75 Å². The maximum Gasteiger partial charge on any atom is 0.118 e. The molecule has 66 valence electrons. The second-order valence-electron chi connectivity index (χ2n) is 3.13. The maximum absolute atomic E-state index is 5.53. The Hall–Kier alpha value is -0.763. The highest BCUT2D eigenvalue weighted by molar-refractivity contribution is 6.71. The fourth-order valence-corrected chi connectivity index (χ4v) is 2.49. The van der Waals surface area contributed by atoms with Gasteiger partial charge in [0.05, 0.1) is 15.4 Å². The molecule has 1 nitrogen and oxygen atoms in total. The van der Waals surface area contributed by atoms with E-state index in [2.05, 4.69) is 31.3 Å². The van der Waals surface area contributed by atoms with Gasteiger partial charge in [0.2, 0.25) is 0 Å². The van der Waals surface area contributed by atoms with Gasteiger partial charge in [-0.2, -0.15) is 0 Å². The van der Waals surface area contributed by atoms with Crippen LogP contribution in [0, 0.1) is 0 Å². The van der Waals surface area contributed by atoms with E-state index in [1.165, 1.54) is 5.19 Å². The van der Waals surface area contributed by atoms with E-state index in [4.69, 9.17) is 4.74 Å². The fourth-order valence-electron chi connectivity index (χ4n) is 1.24. The van der Waals surface area contributed by atoms with Gasteiger partial charge in [0.25, 0.3) is 0 Å². The van der Waals surface area contributed by atoms with E-state index in [1.807, 2.05) is 13.0 Å². The fraction of sp³-hybridized carbons (Fsp3) is 0.400. The summed E-state index contributed by atoms with van der Waals surface area (Å²) in [6.45, 7) is 7.42. The van der Waals surface area contributed by atoms with Crippen LogP contribution in [0.3, 0.4) is 0 Å². The van der Waals surface area contributed by atoms with Crippen molar-refractivity contribution in [2.45, 2.75) is 20.0 Å². The summed E-state index contributed by atoms with van der Waals surface area (Å²) in [6.07, 6.45) is 0. The normalized spacial score (nSPS) is 10.3. The first-order valence-corrected chi connectivity index (χ1v) is 7.36. The number of hydrogen-bond donors (Lipinski definition) is 0. The molecule has 0 atom stereocenters. The Balaban J connectivity index is 2.92. The average molecular weight is 180 g/mol. The Morgan fingerprint density at radius 2 is 1.92 bits per heavy atom. The van der Waals surface area contributed by atoms with Gasteiger partial charge < -0.3 is 4.74 Å². The molecule has 0 spiro atoms. The average Bonchev–Trinajstić information content (AvgIpc) is 2.05. The van der Waals surface area contributed by atoms with E-state index in [9.17, 15) is 0 Å². The lowest BCUT2D eigenvalue weighted by Gasteiger charge is -2.11. The predicted molar refractivity (Wildman–Crippen MR) is 56.1 cm³/mol. The minimum atomic E-state index is -0.725. The third-order valence-corrected chi connectivity index (χ3v) is 3.56. The van der Waals surface area contributed by atoms with Gasteiger partial charge in [0.15, 0.2) is 0 Å². The first-order chi connectivity index (χ1) is 5.75. The quantitative estimate of drug-likeness (QED) is 0.644. The summed E-state index contributed by atoms with van der Waals surface area (Å²) in [7, 11) is -0.725. The van der Waals surface area contributed by atoms with E-state index >= 15 is 0 Å². The van der Waals surface area contributed by atoms with Crippen molar-refractivity contribution in [2.75, 3.05) is 6.61 Å². The van der Waals surface area contributed by atoms with Gasteiger partial charge in [-0.1, -0.05) is 31.3 Å². The van der Waals surface area contributed by atoms with Gasteiger partial charge in [0.1, 0.15) is 5.75 Å². The molecule has 0 N–H and O–H groups in total. The Morgan fingerprint density at radius 1 is 1.25 bits per heavy atom. The highest BCUT2D eigenvalue weighted by atomic mass is 28.3. The standard InChI is InChI=1S/C10H16OSi/c1-4-11-9-7-5-6-8-10(9)12(2)3/h5-8,12H,4H2,1-3H3. The Bertz CT molecular complexity index is 245. The van der Waals surface area contributed by atoms with Crippen molar-refractivity contribution in [3.05, 3.63) is 24.3 Å². The molecule has 12 heavy (non-hydrogen) atoms. The summed E-state index contributed by atoms with van der Waals surface area (Å²) in [6, 6.07) is 8.36. The Labute approximate surface area is 76.0 Å². The zero-order chi connectivity index (χ0) is 8.97. The molecule has 0 aliphatic rings. The molecule has 0 saturated heterocycles. The van der Waals surface area contributed by atoms with Crippen LogP contribution in [0.2, 0.25) is 13.1 Å². The molecular weight excluding hydrogens is 164 g/mol. The summed E-state index contributed by atoms with van der Waals surface area (Å²) in [5, 5.41) is 1.43. The Kier molecular flexibility index (Phi) is 3.35. The van der Waals surface area contributed by atoms with E-state index < -0.39 is 8.80 Å². The Morgan fingerprint density at radius 3 is 2.50 bits per heavy atom. The number of hydrogen-bond acceptors (Lipinski definition) is 1. The molecule has 0 bridgehead atoms. The van der Waals surface area contributed by atoms with Crippen LogP contribution in [-0.4, -0.2) is 15.4 Å². The molecule has 1 aromatic rings. The molecule has 0 unspecified atom stereocenters. The van der Waals surface area contributed by atoms with Gasteiger partial charge in [-0.3, -0.25) is 0 Å². The second-order valence-corrected chi connectivity index (χ2v) is 6.06. The molecule has 0 fully saturated rings. The van der Waals surface area contributed by atoms with Crippen LogP contribution in [-0.2, 0) is 0 Å². The molecule has 0 heterocycles. The van der Waals surface area contributed by atoms with Crippen molar-refractivity contribution in [2.24, 2.45) is 0 Å². The minimum absolute atomic E-state index is 0.725. The number of ether oxygens (including phenoxy) is 1. The first kappa shape index (κ1) is 9.33. The molecule has 0 aliphatic heterocycles. The third-order valence-electron chi connectivity index (χ3n) is 1.84. The second kappa shape index (κ2) is 4.31. The summed E-state index contributed by atoms with van der Waals surface area (Å²) < 4.78 is 5.53. The lowest BCUT2D eigenvalue weighted by Crippen LogP contribution is -2.24. The molecule has 2 heteroatoms. The van der Waals surface area contributed by atoms with E-state index in [0.29, 0.717) is 0 Å². The number of rotatable bonds is 3. The zero-order valence-corrected chi connectivity index (χ0v) is 9.16. The van der Waals surface area contributed by atoms with Crippen LogP contribution in [0.5, 0.6) is 5.75 Å². The minimum Gasteiger partial charge on any atom is -0.494 e. The summed E-state index contributed by atoms with van der Waals surface area (Å²) >= 11 is 0. The number of para-hydroxylation sites is 1. The lowest BCUT2D eigenvalue weighted by molar-refractivity contribution is 0.343. The highest BCUT2D eigenvalue weighted by Crippen LogP contribution is 2.07. The topological polar surface area (TPSA) is 9.23 Å². The monoisotopic (exact) mass is 180 g/mol. The van der Waals surface area contributed by atoms with Crippen LogP contribution in [0.15, 0.2) is 24.3 Å². The van der Waals surface area contributed by atoms with Gasteiger partial charge >= 0.3 is 0 Å². The molecule has 1 aromatic carbocycles. The van der Waals surface area contributed by atoms with Gasteiger partial charge in [0, 0.05) is 0 Å². The predicted octanol–water partition coefficient (Wildman–Crippen LogP) is 1.78. The lowest BCUT2D eigenvalue weighted by atomic mass is 10.3. The van der Waals surface area contributed by atoms with Crippen LogP contribution in [0.1, 0.15) is 6.92 Å². The number of benzene rings is 1. The van der Waals surface area contributed by atoms with Crippen LogP contribution >= 0.6 is 0 Å². The molecule has 0 aliphatic carbocycles. The van der Waals surface area contributed by atoms with Gasteiger partial charge in [-0.25, -0.2) is 0 Å². The third kappa shape index (κ3) is 2.11. The van der Waals surface area contributed by atoms with E-state index in [1.54, 1.807) is 0 Å². The summed E-state index contributed by atoms with van der Waals surface area (Å²) in [4.78, 5) is 0. The van der Waals surface area contributed by atoms with E-state index in [-0.39, 0.29) is 0 Å². The molecule has 0 aromatic heterocycles. The maximum atomic E-state index is 5.53. The van der Waals surface area contributed by atoms with Crippen molar-refractivity contribution in [1.29, 1.82) is 0 Å². The molecule has 0 saturated carbocycles. The van der Waals surface area contributed by atoms with Crippen molar-refractivity contribution < 1.29 is 4.74 Å². The largest absolute Gasteiger partial charge is 0.494 e. The molecule has 0 amide bonds. The summed E-state index contributed by atoms with van der Waals surface area (Å²) in [5.41, 5.74) is 0. The van der Waals surface area contributed by atoms with E-state index in [0.717, 1.165) is 12.4 Å². The van der Waals surface area contributed by atoms with Crippen LogP contribution in [0.25, 0.3) is 0 Å². The van der Waals surface area contributed by atoms with Crippen molar-refractivity contribution >= 4 is 14.0 Å². The zero-order valence-electron chi connectivity index (χ0n) is 8.00. The smallest absolute Gasteiger partial charge is 0.118 e. The molecule has 1 rings (SSSR count). The van der Waals surface area contributed by atoms with Crippen LogP contribution < -0.4 is 9.92 Å². The van der Waals surface area contributed by atoms with Gasteiger partial charge in [-0.15, -0.1) is 0 Å². The van der Waals surface area contributed by atoms with Gasteiger partial charge in [-0.05, 0) is 18.2 Å². The van der Waals surface area contributed by atoms with Crippen LogP contribution in [0.4, 0.5) is 0 Å². The molecule has 0 radical (unpaired) electrons. The van der Waals surface area contributed by atoms with Crippen molar-refractivity contribution in [1.82, 2.24) is 0 Å².